The van der Waals surface area contributed by atoms with Gasteiger partial charge in [0.1, 0.15) is 0 Å². The van der Waals surface area contributed by atoms with Crippen molar-refractivity contribution in [3.05, 3.63) is 59.1 Å². The van der Waals surface area contributed by atoms with Gasteiger partial charge in [0.25, 0.3) is 0 Å². The van der Waals surface area contributed by atoms with Gasteiger partial charge >= 0.3 is 0 Å². The second-order valence-electron chi connectivity index (χ2n) is 6.58. The lowest BCUT2D eigenvalue weighted by Crippen LogP contribution is -2.45. The van der Waals surface area contributed by atoms with Crippen LogP contribution in [0.25, 0.3) is 0 Å². The van der Waals surface area contributed by atoms with Crippen molar-refractivity contribution in [1.29, 1.82) is 0 Å². The highest BCUT2D eigenvalue weighted by Crippen LogP contribution is 2.21. The molecule has 1 aliphatic rings. The number of nitrogens with zero attached hydrogens (tertiary/aromatic N) is 3. The van der Waals surface area contributed by atoms with Crippen molar-refractivity contribution in [2.24, 2.45) is 0 Å². The third kappa shape index (κ3) is 4.68. The normalized spacial score (nSPS) is 15.4. The maximum absolute atomic E-state index is 5.98. The van der Waals surface area contributed by atoms with Gasteiger partial charge < -0.3 is 9.80 Å². The van der Waals surface area contributed by atoms with E-state index in [4.69, 9.17) is 11.6 Å². The third-order valence-electron chi connectivity index (χ3n) is 5.04. The minimum atomic E-state index is 0.801. The fraction of sp³-hybridized carbons (Fsp3) is 0.429. The van der Waals surface area contributed by atoms with Gasteiger partial charge in [0.05, 0.1) is 0 Å². The van der Waals surface area contributed by atoms with Crippen LogP contribution in [0, 0.1) is 0 Å². The average molecular weight is 358 g/mol. The molecule has 1 fully saturated rings. The average Bonchev–Trinajstić information content (AvgIpc) is 2.65. The zero-order valence-electron chi connectivity index (χ0n) is 15.3. The first-order chi connectivity index (χ1) is 12.2. The summed E-state index contributed by atoms with van der Waals surface area (Å²) >= 11 is 5.98. The smallest absolute Gasteiger partial charge is 0.0407 e. The van der Waals surface area contributed by atoms with E-state index in [9.17, 15) is 0 Å². The molecule has 134 valence electrons. The molecule has 0 saturated carbocycles. The van der Waals surface area contributed by atoms with Crippen molar-refractivity contribution in [2.75, 3.05) is 49.1 Å². The number of hydrogen-bond donors (Lipinski definition) is 0. The van der Waals surface area contributed by atoms with Gasteiger partial charge in [-0.25, -0.2) is 0 Å². The van der Waals surface area contributed by atoms with Crippen LogP contribution >= 0.6 is 11.6 Å². The minimum absolute atomic E-state index is 0.801. The van der Waals surface area contributed by atoms with Crippen molar-refractivity contribution in [2.45, 2.75) is 20.4 Å². The summed E-state index contributed by atoms with van der Waals surface area (Å²) in [5.74, 6) is 0. The Morgan fingerprint density at radius 2 is 1.44 bits per heavy atom. The summed E-state index contributed by atoms with van der Waals surface area (Å²) < 4.78 is 0. The summed E-state index contributed by atoms with van der Waals surface area (Å²) in [7, 11) is 0. The molecule has 1 aliphatic heterocycles. The van der Waals surface area contributed by atoms with E-state index in [1.54, 1.807) is 0 Å². The molecule has 0 bridgehead atoms. The van der Waals surface area contributed by atoms with Crippen molar-refractivity contribution < 1.29 is 0 Å². The maximum atomic E-state index is 5.98. The van der Waals surface area contributed by atoms with Gasteiger partial charge in [-0.3, -0.25) is 4.90 Å². The van der Waals surface area contributed by atoms with Gasteiger partial charge in [-0.2, -0.15) is 0 Å². The summed E-state index contributed by atoms with van der Waals surface area (Å²) in [5, 5.41) is 0.801. The van der Waals surface area contributed by atoms with E-state index in [1.165, 1.54) is 16.9 Å². The molecule has 25 heavy (non-hydrogen) atoms. The second-order valence-corrected chi connectivity index (χ2v) is 7.01. The Morgan fingerprint density at radius 1 is 0.840 bits per heavy atom. The Bertz CT molecular complexity index is 642. The SMILES string of the molecule is CCN(CC)c1ccc(CN2CCN(c3ccc(Cl)cc3)CC2)cc1. The topological polar surface area (TPSA) is 9.72 Å². The van der Waals surface area contributed by atoms with E-state index < -0.39 is 0 Å². The Labute approximate surface area is 156 Å². The maximum Gasteiger partial charge on any atom is 0.0407 e. The first-order valence-corrected chi connectivity index (χ1v) is 9.64. The Kier molecular flexibility index (Phi) is 6.22. The zero-order chi connectivity index (χ0) is 17.6. The summed E-state index contributed by atoms with van der Waals surface area (Å²) in [4.78, 5) is 7.36. The predicted molar refractivity (Wildman–Crippen MR) is 109 cm³/mol. The summed E-state index contributed by atoms with van der Waals surface area (Å²) in [6.45, 7) is 11.9. The van der Waals surface area contributed by atoms with E-state index in [1.807, 2.05) is 12.1 Å². The summed E-state index contributed by atoms with van der Waals surface area (Å²) in [5.41, 5.74) is 3.99. The quantitative estimate of drug-likeness (QED) is 0.753. The van der Waals surface area contributed by atoms with Crippen LogP contribution in [-0.4, -0.2) is 44.2 Å². The van der Waals surface area contributed by atoms with Crippen LogP contribution in [0.1, 0.15) is 19.4 Å². The van der Waals surface area contributed by atoms with Crippen LogP contribution in [0.2, 0.25) is 5.02 Å². The van der Waals surface area contributed by atoms with E-state index in [-0.39, 0.29) is 0 Å². The fourth-order valence-electron chi connectivity index (χ4n) is 3.48. The molecule has 0 amide bonds. The van der Waals surface area contributed by atoms with Crippen LogP contribution < -0.4 is 9.80 Å². The molecule has 2 aromatic carbocycles. The number of rotatable bonds is 6. The molecule has 2 aromatic rings. The van der Waals surface area contributed by atoms with Gasteiger partial charge in [0.2, 0.25) is 0 Å². The number of benzene rings is 2. The number of anilines is 2. The van der Waals surface area contributed by atoms with Crippen molar-refractivity contribution in [3.63, 3.8) is 0 Å². The third-order valence-corrected chi connectivity index (χ3v) is 5.29. The van der Waals surface area contributed by atoms with E-state index in [0.717, 1.165) is 50.8 Å². The van der Waals surface area contributed by atoms with Crippen molar-refractivity contribution >= 4 is 23.0 Å². The van der Waals surface area contributed by atoms with Gasteiger partial charge in [-0.15, -0.1) is 0 Å². The van der Waals surface area contributed by atoms with Crippen LogP contribution in [0.5, 0.6) is 0 Å². The highest BCUT2D eigenvalue weighted by molar-refractivity contribution is 6.30. The van der Waals surface area contributed by atoms with E-state index in [0.29, 0.717) is 0 Å². The van der Waals surface area contributed by atoms with E-state index >= 15 is 0 Å². The van der Waals surface area contributed by atoms with Gasteiger partial charge in [-0.05, 0) is 55.8 Å². The van der Waals surface area contributed by atoms with Gasteiger partial charge in [-0.1, -0.05) is 23.7 Å². The van der Waals surface area contributed by atoms with Crippen molar-refractivity contribution in [1.82, 2.24) is 4.90 Å². The molecular formula is C21H28ClN3. The largest absolute Gasteiger partial charge is 0.372 e. The first kappa shape index (κ1) is 18.1. The fourth-order valence-corrected chi connectivity index (χ4v) is 3.60. The lowest BCUT2D eigenvalue weighted by atomic mass is 10.1. The molecule has 0 aliphatic carbocycles. The van der Waals surface area contributed by atoms with Crippen LogP contribution in [0.15, 0.2) is 48.5 Å². The molecule has 0 N–H and O–H groups in total. The standard InChI is InChI=1S/C21H28ClN3/c1-3-24(4-2)20-9-5-18(6-10-20)17-23-13-15-25(16-14-23)21-11-7-19(22)8-12-21/h5-12H,3-4,13-17H2,1-2H3. The van der Waals surface area contributed by atoms with Gasteiger partial charge in [0.15, 0.2) is 0 Å². The minimum Gasteiger partial charge on any atom is -0.372 e. The molecule has 0 atom stereocenters. The molecule has 3 rings (SSSR count). The molecule has 4 heteroatoms. The zero-order valence-corrected chi connectivity index (χ0v) is 16.0. The molecule has 3 nitrogen and oxygen atoms in total. The Morgan fingerprint density at radius 3 is 2.00 bits per heavy atom. The molecule has 0 spiro atoms. The first-order valence-electron chi connectivity index (χ1n) is 9.26. The molecule has 0 unspecified atom stereocenters. The lowest BCUT2D eigenvalue weighted by molar-refractivity contribution is 0.250. The van der Waals surface area contributed by atoms with Crippen LogP contribution in [0.3, 0.4) is 0 Å². The summed E-state index contributed by atoms with van der Waals surface area (Å²) in [6, 6.07) is 17.2. The van der Waals surface area contributed by atoms with Crippen LogP contribution in [-0.2, 0) is 6.54 Å². The van der Waals surface area contributed by atoms with Crippen LogP contribution in [0.4, 0.5) is 11.4 Å². The highest BCUT2D eigenvalue weighted by Gasteiger charge is 2.17. The molecular weight excluding hydrogens is 330 g/mol. The molecule has 0 aromatic heterocycles. The Hall–Kier alpha value is -1.71. The summed E-state index contributed by atoms with van der Waals surface area (Å²) in [6.07, 6.45) is 0. The molecule has 0 radical (unpaired) electrons. The van der Waals surface area contributed by atoms with Gasteiger partial charge in [0, 0.05) is 62.2 Å². The number of piperazine rings is 1. The molecule has 1 saturated heterocycles. The highest BCUT2D eigenvalue weighted by atomic mass is 35.5. The number of hydrogen-bond acceptors (Lipinski definition) is 3. The molecule has 1 heterocycles. The lowest BCUT2D eigenvalue weighted by Gasteiger charge is -2.36. The Balaban J connectivity index is 1.52. The number of halogens is 1. The van der Waals surface area contributed by atoms with E-state index in [2.05, 4.69) is 64.9 Å². The second kappa shape index (κ2) is 8.59. The monoisotopic (exact) mass is 357 g/mol. The van der Waals surface area contributed by atoms with Crippen molar-refractivity contribution in [3.8, 4) is 0 Å². The predicted octanol–water partition coefficient (Wildman–Crippen LogP) is 4.51.